The van der Waals surface area contributed by atoms with Crippen LogP contribution in [0.2, 0.25) is 0 Å². The van der Waals surface area contributed by atoms with E-state index in [-0.39, 0.29) is 12.0 Å². The average Bonchev–Trinajstić information content (AvgIpc) is 3.24. The molecule has 1 unspecified atom stereocenters. The van der Waals surface area contributed by atoms with Crippen molar-refractivity contribution in [3.05, 3.63) is 35.4 Å². The van der Waals surface area contributed by atoms with Crippen LogP contribution in [-0.2, 0) is 22.7 Å². The molecule has 1 aliphatic carbocycles. The topological polar surface area (TPSA) is 66.0 Å². The number of likely N-dealkylation sites (tertiary alicyclic amines) is 1. The molecular formula is C23H36N4O2. The number of nitrogens with zero attached hydrogens (tertiary/aromatic N) is 2. The van der Waals surface area contributed by atoms with Crippen molar-refractivity contribution < 1.29 is 9.53 Å². The van der Waals surface area contributed by atoms with Gasteiger partial charge < -0.3 is 20.3 Å². The number of carbonyl (C=O) groups excluding carboxylic acids is 1. The lowest BCUT2D eigenvalue weighted by molar-refractivity contribution is -0.135. The Balaban J connectivity index is 1.48. The number of aliphatic imine (C=N–C) groups is 1. The Bertz CT molecular complexity index is 685. The van der Waals surface area contributed by atoms with E-state index in [1.54, 1.807) is 7.05 Å². The maximum atomic E-state index is 12.8. The van der Waals surface area contributed by atoms with Gasteiger partial charge in [0.25, 0.3) is 0 Å². The van der Waals surface area contributed by atoms with Gasteiger partial charge in [0.2, 0.25) is 5.91 Å². The van der Waals surface area contributed by atoms with Gasteiger partial charge in [0.15, 0.2) is 5.96 Å². The monoisotopic (exact) mass is 400 g/mol. The number of amides is 1. The SMILES string of the molecule is CCOCc1ccccc1CNC(=NC)NC1CCN(C(=O)C2CCCCC2)C1. The molecule has 2 aliphatic rings. The molecule has 0 spiro atoms. The van der Waals surface area contributed by atoms with Crippen molar-refractivity contribution in [2.24, 2.45) is 10.9 Å². The van der Waals surface area contributed by atoms with Gasteiger partial charge in [-0.05, 0) is 37.3 Å². The Hall–Kier alpha value is -2.08. The highest BCUT2D eigenvalue weighted by atomic mass is 16.5. The smallest absolute Gasteiger partial charge is 0.225 e. The fourth-order valence-corrected chi connectivity index (χ4v) is 4.34. The third kappa shape index (κ3) is 6.20. The second-order valence-electron chi connectivity index (χ2n) is 8.08. The fourth-order valence-electron chi connectivity index (χ4n) is 4.34. The van der Waals surface area contributed by atoms with Crippen molar-refractivity contribution in [1.29, 1.82) is 0 Å². The molecule has 6 heteroatoms. The zero-order valence-electron chi connectivity index (χ0n) is 18.0. The predicted octanol–water partition coefficient (Wildman–Crippen LogP) is 3.07. The van der Waals surface area contributed by atoms with E-state index in [0.717, 1.165) is 38.3 Å². The molecule has 1 heterocycles. The van der Waals surface area contributed by atoms with Crippen molar-refractivity contribution in [3.8, 4) is 0 Å². The van der Waals surface area contributed by atoms with Crippen LogP contribution in [0, 0.1) is 5.92 Å². The molecule has 6 nitrogen and oxygen atoms in total. The van der Waals surface area contributed by atoms with Crippen LogP contribution in [0.5, 0.6) is 0 Å². The highest BCUT2D eigenvalue weighted by Gasteiger charge is 2.31. The molecule has 3 rings (SSSR count). The zero-order valence-corrected chi connectivity index (χ0v) is 18.0. The quantitative estimate of drug-likeness (QED) is 0.545. The summed E-state index contributed by atoms with van der Waals surface area (Å²) in [6, 6.07) is 8.58. The minimum atomic E-state index is 0.252. The maximum absolute atomic E-state index is 12.8. The molecule has 0 bridgehead atoms. The molecule has 1 aliphatic heterocycles. The molecule has 1 aromatic carbocycles. The molecule has 0 radical (unpaired) electrons. The van der Waals surface area contributed by atoms with Crippen molar-refractivity contribution in [3.63, 3.8) is 0 Å². The number of ether oxygens (including phenoxy) is 1. The number of benzene rings is 1. The Morgan fingerprint density at radius 3 is 2.66 bits per heavy atom. The largest absolute Gasteiger partial charge is 0.377 e. The van der Waals surface area contributed by atoms with Crippen LogP contribution in [0.25, 0.3) is 0 Å². The average molecular weight is 401 g/mol. The van der Waals surface area contributed by atoms with Gasteiger partial charge in [-0.2, -0.15) is 0 Å². The Morgan fingerprint density at radius 2 is 1.93 bits per heavy atom. The Labute approximate surface area is 175 Å². The molecule has 1 saturated carbocycles. The lowest BCUT2D eigenvalue weighted by Gasteiger charge is -2.26. The lowest BCUT2D eigenvalue weighted by Crippen LogP contribution is -2.45. The van der Waals surface area contributed by atoms with Crippen LogP contribution in [-0.4, -0.2) is 49.6 Å². The molecule has 0 aromatic heterocycles. The number of nitrogens with one attached hydrogen (secondary N) is 2. The molecule has 1 amide bonds. The lowest BCUT2D eigenvalue weighted by atomic mass is 9.88. The van der Waals surface area contributed by atoms with E-state index in [2.05, 4.69) is 32.7 Å². The minimum absolute atomic E-state index is 0.252. The predicted molar refractivity (Wildman–Crippen MR) is 117 cm³/mol. The van der Waals surface area contributed by atoms with E-state index < -0.39 is 0 Å². The third-order valence-electron chi connectivity index (χ3n) is 6.05. The first-order chi connectivity index (χ1) is 14.2. The number of hydrogen-bond donors (Lipinski definition) is 2. The summed E-state index contributed by atoms with van der Waals surface area (Å²) in [6.45, 7) is 5.67. The first kappa shape index (κ1) is 21.6. The molecule has 160 valence electrons. The third-order valence-corrected chi connectivity index (χ3v) is 6.05. The van der Waals surface area contributed by atoms with E-state index in [4.69, 9.17) is 4.74 Å². The van der Waals surface area contributed by atoms with E-state index in [0.29, 0.717) is 25.7 Å². The highest BCUT2D eigenvalue weighted by Crippen LogP contribution is 2.26. The summed E-state index contributed by atoms with van der Waals surface area (Å²) < 4.78 is 5.57. The van der Waals surface area contributed by atoms with E-state index in [9.17, 15) is 4.79 Å². The van der Waals surface area contributed by atoms with Gasteiger partial charge in [-0.25, -0.2) is 0 Å². The molecule has 2 N–H and O–H groups in total. The van der Waals surface area contributed by atoms with Crippen LogP contribution in [0.4, 0.5) is 0 Å². The van der Waals surface area contributed by atoms with Crippen LogP contribution < -0.4 is 10.6 Å². The second-order valence-corrected chi connectivity index (χ2v) is 8.08. The summed E-state index contributed by atoms with van der Waals surface area (Å²) >= 11 is 0. The molecule has 2 fully saturated rings. The van der Waals surface area contributed by atoms with Gasteiger partial charge in [-0.3, -0.25) is 9.79 Å². The van der Waals surface area contributed by atoms with Crippen LogP contribution in [0.3, 0.4) is 0 Å². The van der Waals surface area contributed by atoms with Crippen LogP contribution >= 0.6 is 0 Å². The van der Waals surface area contributed by atoms with Gasteiger partial charge in [-0.15, -0.1) is 0 Å². The fraction of sp³-hybridized carbons (Fsp3) is 0.652. The van der Waals surface area contributed by atoms with Gasteiger partial charge in [-0.1, -0.05) is 43.5 Å². The summed E-state index contributed by atoms with van der Waals surface area (Å²) in [5.41, 5.74) is 2.41. The summed E-state index contributed by atoms with van der Waals surface area (Å²) in [6.07, 6.45) is 6.79. The summed E-state index contributed by atoms with van der Waals surface area (Å²) in [5.74, 6) is 1.40. The molecule has 29 heavy (non-hydrogen) atoms. The number of carbonyl (C=O) groups is 1. The number of guanidine groups is 1. The van der Waals surface area contributed by atoms with Gasteiger partial charge in [0.1, 0.15) is 0 Å². The Kier molecular flexibility index (Phi) is 8.35. The minimum Gasteiger partial charge on any atom is -0.377 e. The maximum Gasteiger partial charge on any atom is 0.225 e. The molecular weight excluding hydrogens is 364 g/mol. The first-order valence-electron chi connectivity index (χ1n) is 11.1. The van der Waals surface area contributed by atoms with Crippen LogP contribution in [0.1, 0.15) is 56.6 Å². The molecule has 1 atom stereocenters. The first-order valence-corrected chi connectivity index (χ1v) is 11.1. The van der Waals surface area contributed by atoms with Gasteiger partial charge in [0.05, 0.1) is 6.61 Å². The number of rotatable bonds is 7. The molecule has 1 aromatic rings. The van der Waals surface area contributed by atoms with Gasteiger partial charge in [0, 0.05) is 45.2 Å². The van der Waals surface area contributed by atoms with Crippen molar-refractivity contribution >= 4 is 11.9 Å². The van der Waals surface area contributed by atoms with Crippen molar-refractivity contribution in [2.75, 3.05) is 26.7 Å². The summed E-state index contributed by atoms with van der Waals surface area (Å²) in [4.78, 5) is 19.2. The second kappa shape index (κ2) is 11.2. The summed E-state index contributed by atoms with van der Waals surface area (Å²) in [5, 5.41) is 6.92. The summed E-state index contributed by atoms with van der Waals surface area (Å²) in [7, 11) is 1.79. The zero-order chi connectivity index (χ0) is 20.5. The van der Waals surface area contributed by atoms with Crippen LogP contribution in [0.15, 0.2) is 29.3 Å². The van der Waals surface area contributed by atoms with Crippen molar-refractivity contribution in [1.82, 2.24) is 15.5 Å². The van der Waals surface area contributed by atoms with Crippen molar-refractivity contribution in [2.45, 2.75) is 64.6 Å². The van der Waals surface area contributed by atoms with Gasteiger partial charge >= 0.3 is 0 Å². The Morgan fingerprint density at radius 1 is 1.17 bits per heavy atom. The van der Waals surface area contributed by atoms with E-state index in [1.807, 2.05) is 19.1 Å². The highest BCUT2D eigenvalue weighted by molar-refractivity contribution is 5.81. The standard InChI is InChI=1S/C23H36N4O2/c1-3-29-17-20-12-8-7-11-19(20)15-25-23(24-2)26-21-13-14-27(16-21)22(28)18-9-5-4-6-10-18/h7-8,11-12,18,21H,3-6,9-10,13-17H2,1-2H3,(H2,24,25,26). The van der Waals surface area contributed by atoms with E-state index >= 15 is 0 Å². The molecule has 1 saturated heterocycles. The normalized spacial score (nSPS) is 20.7. The van der Waals surface area contributed by atoms with E-state index in [1.165, 1.54) is 30.4 Å². The number of hydrogen-bond acceptors (Lipinski definition) is 3.